The highest BCUT2D eigenvalue weighted by Crippen LogP contribution is 2.37. The summed E-state index contributed by atoms with van der Waals surface area (Å²) in [5.74, 6) is -2.71. The lowest BCUT2D eigenvalue weighted by Gasteiger charge is -2.22. The molecule has 0 radical (unpaired) electrons. The molecule has 1 aliphatic heterocycles. The third-order valence-electron chi connectivity index (χ3n) is 3.44. The maximum atomic E-state index is 13.9. The van der Waals surface area contributed by atoms with Crippen LogP contribution in [0.25, 0.3) is 0 Å². The molecule has 1 aliphatic rings. The number of ketones is 1. The van der Waals surface area contributed by atoms with Gasteiger partial charge in [0.1, 0.15) is 22.8 Å². The van der Waals surface area contributed by atoms with Crippen LogP contribution in [0, 0.1) is 17.0 Å². The van der Waals surface area contributed by atoms with Gasteiger partial charge in [0.05, 0.1) is 11.1 Å². The van der Waals surface area contributed by atoms with Crippen LogP contribution in [0.3, 0.4) is 0 Å². The molecular formula is C13H11BrF2O3. The molecule has 0 aliphatic carbocycles. The number of Topliss-reactive ketones (excluding diaryl/α,β-unsaturated/α-hetero) is 1. The average molecular weight is 333 g/mol. The Balaban J connectivity index is 2.47. The molecule has 1 aromatic carbocycles. The number of cyclic esters (lactones) is 1. The number of hydrogen-bond donors (Lipinski definition) is 0. The Morgan fingerprint density at radius 1 is 1.47 bits per heavy atom. The van der Waals surface area contributed by atoms with Crippen molar-refractivity contribution in [2.45, 2.75) is 19.8 Å². The molecule has 6 heteroatoms. The Morgan fingerprint density at radius 2 is 2.16 bits per heavy atom. The molecule has 3 nitrogen and oxygen atoms in total. The molecule has 1 heterocycles. The SMILES string of the molecule is CC(=O)C1(Cc2c(F)ccc(Br)c2F)CCOC1=O. The molecule has 0 N–H and O–H groups in total. The second-order valence-corrected chi connectivity index (χ2v) is 5.38. The van der Waals surface area contributed by atoms with Crippen molar-refractivity contribution in [3.8, 4) is 0 Å². The second-order valence-electron chi connectivity index (χ2n) is 4.52. The van der Waals surface area contributed by atoms with Gasteiger partial charge in [-0.3, -0.25) is 9.59 Å². The molecule has 0 aromatic heterocycles. The van der Waals surface area contributed by atoms with Crippen LogP contribution in [-0.2, 0) is 20.7 Å². The standard InChI is InChI=1S/C13H11BrF2O3/c1-7(17)13(4-5-19-12(13)18)6-8-10(15)3-2-9(14)11(8)16/h2-3H,4-6H2,1H3. The summed E-state index contributed by atoms with van der Waals surface area (Å²) < 4.78 is 32.5. The van der Waals surface area contributed by atoms with Crippen LogP contribution < -0.4 is 0 Å². The van der Waals surface area contributed by atoms with E-state index in [9.17, 15) is 18.4 Å². The molecule has 0 spiro atoms. The average Bonchev–Trinajstić information content (AvgIpc) is 2.72. The minimum Gasteiger partial charge on any atom is -0.465 e. The van der Waals surface area contributed by atoms with Gasteiger partial charge < -0.3 is 4.74 Å². The van der Waals surface area contributed by atoms with Gasteiger partial charge in [-0.15, -0.1) is 0 Å². The fraction of sp³-hybridized carbons (Fsp3) is 0.385. The minimum absolute atomic E-state index is 0.0916. The van der Waals surface area contributed by atoms with Crippen molar-refractivity contribution in [1.82, 2.24) is 0 Å². The highest BCUT2D eigenvalue weighted by molar-refractivity contribution is 9.10. The van der Waals surface area contributed by atoms with Gasteiger partial charge in [-0.2, -0.15) is 0 Å². The summed E-state index contributed by atoms with van der Waals surface area (Å²) in [5.41, 5.74) is -1.74. The zero-order valence-corrected chi connectivity index (χ0v) is 11.7. The van der Waals surface area contributed by atoms with E-state index in [0.29, 0.717) is 0 Å². The molecule has 0 saturated carbocycles. The van der Waals surface area contributed by atoms with Crippen molar-refractivity contribution in [2.24, 2.45) is 5.41 Å². The zero-order valence-electron chi connectivity index (χ0n) is 10.1. The van der Waals surface area contributed by atoms with Crippen LogP contribution in [0.5, 0.6) is 0 Å². The highest BCUT2D eigenvalue weighted by Gasteiger charge is 2.49. The van der Waals surface area contributed by atoms with Gasteiger partial charge in [0.25, 0.3) is 0 Å². The summed E-state index contributed by atoms with van der Waals surface area (Å²) in [4.78, 5) is 23.5. The van der Waals surface area contributed by atoms with E-state index in [1.165, 1.54) is 13.0 Å². The lowest BCUT2D eigenvalue weighted by Crippen LogP contribution is -2.37. The molecule has 1 atom stereocenters. The number of carbonyl (C=O) groups is 2. The fourth-order valence-electron chi connectivity index (χ4n) is 2.20. The van der Waals surface area contributed by atoms with Crippen LogP contribution in [0.15, 0.2) is 16.6 Å². The quantitative estimate of drug-likeness (QED) is 0.485. The summed E-state index contributed by atoms with van der Waals surface area (Å²) in [7, 11) is 0. The number of rotatable bonds is 3. The zero-order chi connectivity index (χ0) is 14.2. The van der Waals surface area contributed by atoms with Crippen molar-refractivity contribution in [2.75, 3.05) is 6.61 Å². The van der Waals surface area contributed by atoms with Crippen molar-refractivity contribution in [3.63, 3.8) is 0 Å². The van der Waals surface area contributed by atoms with Crippen molar-refractivity contribution in [3.05, 3.63) is 33.8 Å². The van der Waals surface area contributed by atoms with Gasteiger partial charge in [-0.1, -0.05) is 0 Å². The fourth-order valence-corrected chi connectivity index (χ4v) is 2.57. The van der Waals surface area contributed by atoms with Crippen LogP contribution in [-0.4, -0.2) is 18.4 Å². The second kappa shape index (κ2) is 5.00. The van der Waals surface area contributed by atoms with E-state index in [2.05, 4.69) is 15.9 Å². The van der Waals surface area contributed by atoms with Crippen LogP contribution in [0.1, 0.15) is 18.9 Å². The third kappa shape index (κ3) is 2.29. The summed E-state index contributed by atoms with van der Waals surface area (Å²) in [5, 5.41) is 0. The van der Waals surface area contributed by atoms with E-state index in [1.54, 1.807) is 0 Å². The summed E-state index contributed by atoms with van der Waals surface area (Å²) in [6.45, 7) is 1.33. The third-order valence-corrected chi connectivity index (χ3v) is 4.06. The predicted molar refractivity (Wildman–Crippen MR) is 66.5 cm³/mol. The maximum absolute atomic E-state index is 13.9. The Morgan fingerprint density at radius 3 is 2.68 bits per heavy atom. The van der Waals surface area contributed by atoms with E-state index < -0.39 is 28.8 Å². The molecule has 2 rings (SSSR count). The van der Waals surface area contributed by atoms with E-state index in [0.717, 1.165) is 6.07 Å². The first-order chi connectivity index (χ1) is 8.88. The van der Waals surface area contributed by atoms with Crippen LogP contribution in [0.2, 0.25) is 0 Å². The van der Waals surface area contributed by atoms with Crippen LogP contribution in [0.4, 0.5) is 8.78 Å². The van der Waals surface area contributed by atoms with Crippen molar-refractivity contribution < 1.29 is 23.1 Å². The van der Waals surface area contributed by atoms with E-state index >= 15 is 0 Å². The van der Waals surface area contributed by atoms with Gasteiger partial charge in [-0.25, -0.2) is 8.78 Å². The van der Waals surface area contributed by atoms with Gasteiger partial charge in [0, 0.05) is 18.4 Å². The number of halogens is 3. The Bertz CT molecular complexity index is 559. The normalized spacial score (nSPS) is 22.4. The monoisotopic (exact) mass is 332 g/mol. The number of hydrogen-bond acceptors (Lipinski definition) is 3. The Hall–Kier alpha value is -1.30. The molecule has 1 unspecified atom stereocenters. The van der Waals surface area contributed by atoms with Gasteiger partial charge in [-0.05, 0) is 35.0 Å². The first-order valence-electron chi connectivity index (χ1n) is 5.69. The molecule has 102 valence electrons. The number of esters is 1. The smallest absolute Gasteiger partial charge is 0.320 e. The number of ether oxygens (including phenoxy) is 1. The molecule has 0 bridgehead atoms. The van der Waals surface area contributed by atoms with Gasteiger partial charge >= 0.3 is 5.97 Å². The maximum Gasteiger partial charge on any atom is 0.320 e. The van der Waals surface area contributed by atoms with Gasteiger partial charge in [0.15, 0.2) is 0 Å². The first-order valence-corrected chi connectivity index (χ1v) is 6.48. The lowest BCUT2D eigenvalue weighted by molar-refractivity contribution is -0.150. The molecule has 0 amide bonds. The number of carbonyl (C=O) groups excluding carboxylic acids is 2. The molecule has 1 saturated heterocycles. The summed E-state index contributed by atoms with van der Waals surface area (Å²) in [6.07, 6.45) is -0.176. The Labute approximate surface area is 117 Å². The minimum atomic E-state index is -1.47. The number of benzene rings is 1. The van der Waals surface area contributed by atoms with Crippen molar-refractivity contribution >= 4 is 27.7 Å². The predicted octanol–water partition coefficient (Wildman–Crippen LogP) is 2.79. The summed E-state index contributed by atoms with van der Waals surface area (Å²) in [6, 6.07) is 2.33. The lowest BCUT2D eigenvalue weighted by atomic mass is 9.77. The Kier molecular flexibility index (Phi) is 3.71. The topological polar surface area (TPSA) is 43.4 Å². The van der Waals surface area contributed by atoms with E-state index in [4.69, 9.17) is 4.74 Å². The van der Waals surface area contributed by atoms with Crippen molar-refractivity contribution in [1.29, 1.82) is 0 Å². The van der Waals surface area contributed by atoms with E-state index in [1.807, 2.05) is 0 Å². The highest BCUT2D eigenvalue weighted by atomic mass is 79.9. The molecule has 19 heavy (non-hydrogen) atoms. The molecule has 1 aromatic rings. The molecule has 1 fully saturated rings. The largest absolute Gasteiger partial charge is 0.465 e. The summed E-state index contributed by atoms with van der Waals surface area (Å²) >= 11 is 2.96. The molecular weight excluding hydrogens is 322 g/mol. The first kappa shape index (κ1) is 14.1. The van der Waals surface area contributed by atoms with Crippen LogP contribution >= 0.6 is 15.9 Å². The van der Waals surface area contributed by atoms with Gasteiger partial charge in [0.2, 0.25) is 0 Å². The van der Waals surface area contributed by atoms with E-state index in [-0.39, 0.29) is 29.5 Å².